The van der Waals surface area contributed by atoms with Crippen molar-refractivity contribution in [2.75, 3.05) is 0 Å². The van der Waals surface area contributed by atoms with Crippen molar-refractivity contribution in [1.82, 2.24) is 9.97 Å². The highest BCUT2D eigenvalue weighted by atomic mass is 16.2. The van der Waals surface area contributed by atoms with E-state index in [1.54, 1.807) is 0 Å². The summed E-state index contributed by atoms with van der Waals surface area (Å²) >= 11 is 0. The summed E-state index contributed by atoms with van der Waals surface area (Å²) in [7, 11) is 0. The number of ketones is 2. The lowest BCUT2D eigenvalue weighted by atomic mass is 9.62. The Hall–Kier alpha value is -3.66. The van der Waals surface area contributed by atoms with Crippen molar-refractivity contribution in [3.05, 3.63) is 95.3 Å². The lowest BCUT2D eigenvalue weighted by Gasteiger charge is -2.38. The van der Waals surface area contributed by atoms with Crippen LogP contribution in [0.1, 0.15) is 34.1 Å². The molecule has 2 aromatic carbocycles. The number of hydrogen-bond donors (Lipinski definition) is 2. The minimum absolute atomic E-state index is 0.291. The van der Waals surface area contributed by atoms with Crippen LogP contribution >= 0.6 is 0 Å². The van der Waals surface area contributed by atoms with Gasteiger partial charge in [-0.1, -0.05) is 24.3 Å². The molecule has 28 heavy (non-hydrogen) atoms. The summed E-state index contributed by atoms with van der Waals surface area (Å²) in [4.78, 5) is 32.1. The molecule has 4 nitrogen and oxygen atoms in total. The topological polar surface area (TPSA) is 65.7 Å². The van der Waals surface area contributed by atoms with Gasteiger partial charge in [-0.2, -0.15) is 0 Å². The van der Waals surface area contributed by atoms with Gasteiger partial charge in [0, 0.05) is 23.8 Å². The van der Waals surface area contributed by atoms with Crippen molar-refractivity contribution in [3.8, 4) is 22.5 Å². The summed E-state index contributed by atoms with van der Waals surface area (Å²) in [5, 5.41) is 0. The van der Waals surface area contributed by atoms with Crippen molar-refractivity contribution in [1.29, 1.82) is 0 Å². The number of carbonyl (C=O) groups is 2. The summed E-state index contributed by atoms with van der Waals surface area (Å²) in [5.41, 5.74) is 7.91. The third kappa shape index (κ3) is 1.94. The van der Waals surface area contributed by atoms with Gasteiger partial charge in [-0.15, -0.1) is 0 Å². The Bertz CT molecular complexity index is 1150. The van der Waals surface area contributed by atoms with E-state index in [0.717, 1.165) is 44.8 Å². The Morgan fingerprint density at radius 2 is 1.04 bits per heavy atom. The van der Waals surface area contributed by atoms with Crippen LogP contribution in [0.5, 0.6) is 0 Å². The van der Waals surface area contributed by atoms with Crippen molar-refractivity contribution in [2.24, 2.45) is 0 Å². The lowest BCUT2D eigenvalue weighted by Crippen LogP contribution is -2.40. The number of aromatic nitrogens is 2. The fourth-order valence-electron chi connectivity index (χ4n) is 4.71. The summed E-state index contributed by atoms with van der Waals surface area (Å²) in [5.74, 6) is -1.59. The zero-order valence-electron chi connectivity index (χ0n) is 14.9. The van der Waals surface area contributed by atoms with Crippen LogP contribution in [0.15, 0.2) is 73.1 Å². The number of benzene rings is 2. The highest BCUT2D eigenvalue weighted by molar-refractivity contribution is 6.45. The van der Waals surface area contributed by atoms with Crippen LogP contribution in [0.2, 0.25) is 0 Å². The molecule has 0 saturated heterocycles. The summed E-state index contributed by atoms with van der Waals surface area (Å²) in [6.07, 6.45) is 3.76. The maximum atomic E-state index is 12.9. The van der Waals surface area contributed by atoms with Gasteiger partial charge in [0.1, 0.15) is 0 Å². The van der Waals surface area contributed by atoms with Gasteiger partial charge in [0.25, 0.3) is 0 Å². The Kier molecular flexibility index (Phi) is 2.98. The van der Waals surface area contributed by atoms with E-state index in [9.17, 15) is 9.59 Å². The van der Waals surface area contributed by atoms with Gasteiger partial charge in [-0.3, -0.25) is 9.59 Å². The van der Waals surface area contributed by atoms with Gasteiger partial charge in [0.05, 0.1) is 11.8 Å². The van der Waals surface area contributed by atoms with E-state index < -0.39 is 11.8 Å². The lowest BCUT2D eigenvalue weighted by molar-refractivity contribution is -0.138. The first kappa shape index (κ1) is 15.4. The summed E-state index contributed by atoms with van der Waals surface area (Å²) in [6, 6.07) is 20.1. The molecular weight excluding hydrogens is 348 g/mol. The molecular formula is C24H16N2O2. The molecule has 0 amide bonds. The van der Waals surface area contributed by atoms with Gasteiger partial charge < -0.3 is 9.97 Å². The average Bonchev–Trinajstić information content (AvgIpc) is 3.44. The summed E-state index contributed by atoms with van der Waals surface area (Å²) < 4.78 is 0. The normalized spacial score (nSPS) is 19.6. The van der Waals surface area contributed by atoms with Gasteiger partial charge in [0.15, 0.2) is 0 Å². The van der Waals surface area contributed by atoms with E-state index >= 15 is 0 Å². The second-order valence-corrected chi connectivity index (χ2v) is 7.45. The molecule has 0 aliphatic heterocycles. The molecule has 0 saturated carbocycles. The molecule has 7 rings (SSSR count). The minimum atomic E-state index is -0.505. The second-order valence-electron chi connectivity index (χ2n) is 7.45. The zero-order valence-corrected chi connectivity index (χ0v) is 14.9. The zero-order chi connectivity index (χ0) is 18.8. The summed E-state index contributed by atoms with van der Waals surface area (Å²) in [6.45, 7) is 0. The maximum absolute atomic E-state index is 12.9. The molecule has 3 aliphatic rings. The number of carbonyl (C=O) groups excluding carboxylic acids is 2. The molecule has 2 N–H and O–H groups in total. The van der Waals surface area contributed by atoms with Crippen molar-refractivity contribution >= 4 is 11.6 Å². The van der Waals surface area contributed by atoms with Gasteiger partial charge in [0.2, 0.25) is 11.6 Å². The molecule has 4 heteroatoms. The standard InChI is InChI=1S/C24H16N2O2/c27-23-21-16-8-6-14(20-4-2-10-26-20)12-18(16)22(24(23)28)15-7-5-13(11-17(15)21)19-3-1-9-25-19/h1-12,21-22,25-26H. The van der Waals surface area contributed by atoms with Crippen molar-refractivity contribution in [2.45, 2.75) is 11.8 Å². The molecule has 0 fully saturated rings. The number of nitrogens with one attached hydrogen (secondary N) is 2. The molecule has 0 radical (unpaired) electrons. The van der Waals surface area contributed by atoms with E-state index in [2.05, 4.69) is 22.1 Å². The Balaban J connectivity index is 1.56. The van der Waals surface area contributed by atoms with Gasteiger partial charge in [-0.05, 0) is 69.8 Å². The van der Waals surface area contributed by atoms with Crippen molar-refractivity contribution in [3.63, 3.8) is 0 Å². The molecule has 2 atom stereocenters. The van der Waals surface area contributed by atoms with E-state index in [-0.39, 0.29) is 11.6 Å². The fourth-order valence-corrected chi connectivity index (χ4v) is 4.71. The van der Waals surface area contributed by atoms with Crippen LogP contribution in [-0.4, -0.2) is 21.5 Å². The van der Waals surface area contributed by atoms with Crippen LogP contribution in [0.25, 0.3) is 22.5 Å². The first-order valence-electron chi connectivity index (χ1n) is 9.35. The number of rotatable bonds is 2. The highest BCUT2D eigenvalue weighted by Crippen LogP contribution is 2.50. The smallest absolute Gasteiger partial charge is 0.211 e. The molecule has 4 aromatic rings. The number of Topliss-reactive ketones (excluding diaryl/α,β-unsaturated/α-hetero) is 2. The van der Waals surface area contributed by atoms with Gasteiger partial charge in [-0.25, -0.2) is 0 Å². The van der Waals surface area contributed by atoms with Crippen molar-refractivity contribution < 1.29 is 9.59 Å². The van der Waals surface area contributed by atoms with E-state index in [1.165, 1.54) is 0 Å². The average molecular weight is 364 g/mol. The van der Waals surface area contributed by atoms with Crippen LogP contribution in [0, 0.1) is 0 Å². The van der Waals surface area contributed by atoms with Crippen LogP contribution < -0.4 is 0 Å². The van der Waals surface area contributed by atoms with Crippen LogP contribution in [0.3, 0.4) is 0 Å². The van der Waals surface area contributed by atoms with E-state index in [1.807, 2.05) is 60.9 Å². The Labute approximate surface area is 161 Å². The monoisotopic (exact) mass is 364 g/mol. The third-order valence-electron chi connectivity index (χ3n) is 6.00. The molecule has 0 spiro atoms. The first-order valence-corrected chi connectivity index (χ1v) is 9.35. The molecule has 2 aromatic heterocycles. The SMILES string of the molecule is O=C1C(=O)C2c3ccc(-c4ccc[nH]4)cc3C1c1ccc(-c3ccc[nH]3)cc12. The van der Waals surface area contributed by atoms with E-state index in [4.69, 9.17) is 0 Å². The molecule has 2 heterocycles. The second kappa shape index (κ2) is 5.42. The number of aromatic amines is 2. The third-order valence-corrected chi connectivity index (χ3v) is 6.00. The quantitative estimate of drug-likeness (QED) is 0.518. The number of H-pyrrole nitrogens is 2. The molecule has 2 unspecified atom stereocenters. The number of fused-ring (bicyclic) bond motifs is 1. The maximum Gasteiger partial charge on any atom is 0.211 e. The first-order chi connectivity index (χ1) is 13.7. The van der Waals surface area contributed by atoms with Crippen LogP contribution in [-0.2, 0) is 9.59 Å². The Morgan fingerprint density at radius 1 is 0.571 bits per heavy atom. The van der Waals surface area contributed by atoms with Crippen LogP contribution in [0.4, 0.5) is 0 Å². The largest absolute Gasteiger partial charge is 0.361 e. The fraction of sp³-hybridized carbons (Fsp3) is 0.0833. The molecule has 134 valence electrons. The minimum Gasteiger partial charge on any atom is -0.361 e. The molecule has 2 bridgehead atoms. The highest BCUT2D eigenvalue weighted by Gasteiger charge is 2.48. The van der Waals surface area contributed by atoms with Gasteiger partial charge >= 0.3 is 0 Å². The van der Waals surface area contributed by atoms with E-state index in [0.29, 0.717) is 0 Å². The predicted molar refractivity (Wildman–Crippen MR) is 106 cm³/mol. The number of hydrogen-bond acceptors (Lipinski definition) is 2. The Morgan fingerprint density at radius 3 is 1.43 bits per heavy atom. The molecule has 3 aliphatic carbocycles. The predicted octanol–water partition coefficient (Wildman–Crippen LogP) is 4.41.